The van der Waals surface area contributed by atoms with Crippen molar-refractivity contribution in [1.29, 1.82) is 0 Å². The Labute approximate surface area is 101 Å². The highest BCUT2D eigenvalue weighted by molar-refractivity contribution is 6.08. The third kappa shape index (κ3) is 1.94. The molecule has 0 saturated heterocycles. The van der Waals surface area contributed by atoms with Crippen LogP contribution in [0.2, 0.25) is 0 Å². The largest absolute Gasteiger partial charge is 0.465 e. The van der Waals surface area contributed by atoms with Gasteiger partial charge in [-0.2, -0.15) is 0 Å². The molecule has 2 rings (SSSR count). The fourth-order valence-electron chi connectivity index (χ4n) is 1.98. The highest BCUT2D eigenvalue weighted by Gasteiger charge is 2.13. The van der Waals surface area contributed by atoms with E-state index in [2.05, 4.69) is 6.58 Å². The smallest absolute Gasteiger partial charge is 0.338 e. The number of hydrogen-bond donors (Lipinski definition) is 0. The van der Waals surface area contributed by atoms with Crippen LogP contribution in [0.3, 0.4) is 0 Å². The molecule has 0 aliphatic rings. The maximum atomic E-state index is 11.8. The molecule has 2 aromatic carbocycles. The summed E-state index contributed by atoms with van der Waals surface area (Å²) in [6.45, 7) is 5.88. The maximum Gasteiger partial charge on any atom is 0.338 e. The van der Waals surface area contributed by atoms with E-state index in [0.29, 0.717) is 5.56 Å². The Morgan fingerprint density at radius 2 is 1.71 bits per heavy atom. The number of ether oxygens (including phenoxy) is 1. The van der Waals surface area contributed by atoms with Gasteiger partial charge in [0.1, 0.15) is 0 Å². The molecule has 0 aliphatic carbocycles. The average Bonchev–Trinajstić information content (AvgIpc) is 2.36. The first-order chi connectivity index (χ1) is 8.15. The number of rotatable bonds is 2. The lowest BCUT2D eigenvalue weighted by Gasteiger charge is -2.10. The standard InChI is InChI=1S/C15H14O2/c1-10(2)12-8-4-6-11-7-5-9-13(14(11)12)15(16)17-3/h4-9H,1H2,2-3H3. The molecule has 0 spiro atoms. The first kappa shape index (κ1) is 11.4. The Morgan fingerprint density at radius 1 is 1.12 bits per heavy atom. The molecule has 0 unspecified atom stereocenters. The van der Waals surface area contributed by atoms with Gasteiger partial charge in [-0.3, -0.25) is 0 Å². The zero-order valence-corrected chi connectivity index (χ0v) is 9.99. The van der Waals surface area contributed by atoms with Crippen LogP contribution in [0.5, 0.6) is 0 Å². The Hall–Kier alpha value is -2.09. The van der Waals surface area contributed by atoms with Gasteiger partial charge >= 0.3 is 5.97 Å². The zero-order chi connectivity index (χ0) is 12.4. The van der Waals surface area contributed by atoms with E-state index in [4.69, 9.17) is 4.74 Å². The van der Waals surface area contributed by atoms with Crippen molar-refractivity contribution in [1.82, 2.24) is 0 Å². The topological polar surface area (TPSA) is 26.3 Å². The minimum atomic E-state index is -0.315. The molecule has 86 valence electrons. The van der Waals surface area contributed by atoms with Gasteiger partial charge in [0.25, 0.3) is 0 Å². The fourth-order valence-corrected chi connectivity index (χ4v) is 1.98. The first-order valence-electron chi connectivity index (χ1n) is 5.41. The number of carbonyl (C=O) groups is 1. The average molecular weight is 226 g/mol. The lowest BCUT2D eigenvalue weighted by atomic mass is 9.96. The van der Waals surface area contributed by atoms with Crippen molar-refractivity contribution in [3.05, 3.63) is 54.1 Å². The quantitative estimate of drug-likeness (QED) is 0.730. The number of benzene rings is 2. The van der Waals surface area contributed by atoms with Crippen LogP contribution >= 0.6 is 0 Å². The second kappa shape index (κ2) is 4.42. The molecule has 0 radical (unpaired) electrons. The van der Waals surface area contributed by atoms with Crippen molar-refractivity contribution in [2.75, 3.05) is 7.11 Å². The minimum absolute atomic E-state index is 0.315. The fraction of sp³-hybridized carbons (Fsp3) is 0.133. The van der Waals surface area contributed by atoms with Crippen molar-refractivity contribution in [2.45, 2.75) is 6.92 Å². The highest BCUT2D eigenvalue weighted by Crippen LogP contribution is 2.27. The number of methoxy groups -OCH3 is 1. The zero-order valence-electron chi connectivity index (χ0n) is 9.99. The molecular formula is C15H14O2. The number of carbonyl (C=O) groups excluding carboxylic acids is 1. The summed E-state index contributed by atoms with van der Waals surface area (Å²) in [7, 11) is 1.39. The van der Waals surface area contributed by atoms with Gasteiger partial charge in [-0.15, -0.1) is 0 Å². The van der Waals surface area contributed by atoms with Crippen molar-refractivity contribution < 1.29 is 9.53 Å². The van der Waals surface area contributed by atoms with Gasteiger partial charge in [0, 0.05) is 5.39 Å². The molecule has 17 heavy (non-hydrogen) atoms. The third-order valence-corrected chi connectivity index (χ3v) is 2.77. The Balaban J connectivity index is 2.85. The van der Waals surface area contributed by atoms with Crippen LogP contribution in [0.25, 0.3) is 16.3 Å². The summed E-state index contributed by atoms with van der Waals surface area (Å²) in [5, 5.41) is 1.93. The number of esters is 1. The Bertz CT molecular complexity index is 592. The van der Waals surface area contributed by atoms with Crippen molar-refractivity contribution >= 4 is 22.3 Å². The molecule has 0 aliphatic heterocycles. The predicted octanol–water partition coefficient (Wildman–Crippen LogP) is 3.66. The highest BCUT2D eigenvalue weighted by atomic mass is 16.5. The SMILES string of the molecule is C=C(C)c1cccc2cccc(C(=O)OC)c12. The number of hydrogen-bond acceptors (Lipinski definition) is 2. The molecule has 2 heteroatoms. The third-order valence-electron chi connectivity index (χ3n) is 2.77. The van der Waals surface area contributed by atoms with Gasteiger partial charge in [0.15, 0.2) is 0 Å². The van der Waals surface area contributed by atoms with Crippen LogP contribution < -0.4 is 0 Å². The molecule has 0 atom stereocenters. The van der Waals surface area contributed by atoms with E-state index in [0.717, 1.165) is 21.9 Å². The van der Waals surface area contributed by atoms with Gasteiger partial charge in [-0.25, -0.2) is 4.79 Å². The first-order valence-corrected chi connectivity index (χ1v) is 5.41. The Kier molecular flexibility index (Phi) is 2.96. The van der Waals surface area contributed by atoms with E-state index in [1.165, 1.54) is 7.11 Å². The van der Waals surface area contributed by atoms with Crippen LogP contribution in [0.4, 0.5) is 0 Å². The molecular weight excluding hydrogens is 212 g/mol. The lowest BCUT2D eigenvalue weighted by molar-refractivity contribution is 0.0603. The van der Waals surface area contributed by atoms with Gasteiger partial charge in [-0.1, -0.05) is 42.5 Å². The molecule has 2 aromatic rings. The summed E-state index contributed by atoms with van der Waals surface area (Å²) in [5.74, 6) is -0.315. The van der Waals surface area contributed by atoms with Gasteiger partial charge in [0.05, 0.1) is 12.7 Å². The molecule has 0 amide bonds. The second-order valence-electron chi connectivity index (χ2n) is 3.98. The summed E-state index contributed by atoms with van der Waals surface area (Å²) in [6.07, 6.45) is 0. The lowest BCUT2D eigenvalue weighted by Crippen LogP contribution is -2.03. The summed E-state index contributed by atoms with van der Waals surface area (Å²) < 4.78 is 4.81. The molecule has 0 fully saturated rings. The normalized spacial score (nSPS) is 10.2. The van der Waals surface area contributed by atoms with E-state index in [1.54, 1.807) is 6.07 Å². The summed E-state index contributed by atoms with van der Waals surface area (Å²) in [4.78, 5) is 11.8. The predicted molar refractivity (Wildman–Crippen MR) is 70.0 cm³/mol. The van der Waals surface area contributed by atoms with Crippen molar-refractivity contribution in [3.8, 4) is 0 Å². The van der Waals surface area contributed by atoms with Crippen molar-refractivity contribution in [2.24, 2.45) is 0 Å². The van der Waals surface area contributed by atoms with Gasteiger partial charge in [0.2, 0.25) is 0 Å². The molecule has 0 bridgehead atoms. The molecule has 0 heterocycles. The molecule has 0 aromatic heterocycles. The molecule has 2 nitrogen and oxygen atoms in total. The van der Waals surface area contributed by atoms with E-state index in [-0.39, 0.29) is 5.97 Å². The number of allylic oxidation sites excluding steroid dienone is 1. The van der Waals surface area contributed by atoms with Crippen LogP contribution in [0.15, 0.2) is 43.0 Å². The number of fused-ring (bicyclic) bond motifs is 1. The Morgan fingerprint density at radius 3 is 2.24 bits per heavy atom. The van der Waals surface area contributed by atoms with Crippen LogP contribution in [-0.4, -0.2) is 13.1 Å². The van der Waals surface area contributed by atoms with Gasteiger partial charge < -0.3 is 4.74 Å². The van der Waals surface area contributed by atoms with Gasteiger partial charge in [-0.05, 0) is 23.9 Å². The van der Waals surface area contributed by atoms with Crippen LogP contribution in [0, 0.1) is 0 Å². The maximum absolute atomic E-state index is 11.8. The molecule has 0 N–H and O–H groups in total. The van der Waals surface area contributed by atoms with Crippen molar-refractivity contribution in [3.63, 3.8) is 0 Å². The minimum Gasteiger partial charge on any atom is -0.465 e. The van der Waals surface area contributed by atoms with Crippen LogP contribution in [-0.2, 0) is 4.74 Å². The summed E-state index contributed by atoms with van der Waals surface area (Å²) in [5.41, 5.74) is 2.51. The van der Waals surface area contributed by atoms with Crippen LogP contribution in [0.1, 0.15) is 22.8 Å². The van der Waals surface area contributed by atoms with E-state index in [9.17, 15) is 4.79 Å². The van der Waals surface area contributed by atoms with E-state index in [1.807, 2.05) is 37.3 Å². The monoisotopic (exact) mass is 226 g/mol. The van der Waals surface area contributed by atoms with E-state index < -0.39 is 0 Å². The summed E-state index contributed by atoms with van der Waals surface area (Å²) >= 11 is 0. The van der Waals surface area contributed by atoms with E-state index >= 15 is 0 Å². The second-order valence-corrected chi connectivity index (χ2v) is 3.98. The molecule has 0 saturated carbocycles. The summed E-state index contributed by atoms with van der Waals surface area (Å²) in [6, 6.07) is 11.5.